The number of thioether (sulfide) groups is 1. The van der Waals surface area contributed by atoms with Gasteiger partial charge in [-0.3, -0.25) is 4.90 Å². The standard InChI is InChI=1S/C16H25N3OS/c1-16(2)8-9-19(10-11-21-16)14(12-15(17)18-20)13-6-4-3-5-7-13/h3-7,14,20H,8-12H2,1-2H3,(H2,17,18). The number of nitrogens with two attached hydrogens (primary N) is 1. The lowest BCUT2D eigenvalue weighted by atomic mass is 10.00. The van der Waals surface area contributed by atoms with E-state index in [9.17, 15) is 0 Å². The van der Waals surface area contributed by atoms with Crippen molar-refractivity contribution in [2.45, 2.75) is 37.5 Å². The molecule has 5 heteroatoms. The molecule has 0 aliphatic carbocycles. The van der Waals surface area contributed by atoms with E-state index in [0.29, 0.717) is 17.0 Å². The Morgan fingerprint density at radius 1 is 1.38 bits per heavy atom. The molecule has 1 fully saturated rings. The highest BCUT2D eigenvalue weighted by molar-refractivity contribution is 8.00. The molecular weight excluding hydrogens is 282 g/mol. The molecule has 1 aliphatic heterocycles. The van der Waals surface area contributed by atoms with Crippen molar-refractivity contribution < 1.29 is 5.21 Å². The number of oxime groups is 1. The van der Waals surface area contributed by atoms with Gasteiger partial charge in [-0.15, -0.1) is 0 Å². The summed E-state index contributed by atoms with van der Waals surface area (Å²) in [6, 6.07) is 10.5. The van der Waals surface area contributed by atoms with Gasteiger partial charge in [-0.2, -0.15) is 11.8 Å². The molecule has 116 valence electrons. The summed E-state index contributed by atoms with van der Waals surface area (Å²) in [5.41, 5.74) is 7.01. The Morgan fingerprint density at radius 3 is 2.76 bits per heavy atom. The molecule has 0 bridgehead atoms. The average molecular weight is 307 g/mol. The Bertz CT molecular complexity index is 476. The maximum atomic E-state index is 8.91. The summed E-state index contributed by atoms with van der Waals surface area (Å²) < 4.78 is 0.326. The van der Waals surface area contributed by atoms with E-state index in [-0.39, 0.29) is 6.04 Å². The van der Waals surface area contributed by atoms with Crippen molar-refractivity contribution in [2.75, 3.05) is 18.8 Å². The third kappa shape index (κ3) is 4.64. The normalized spacial score (nSPS) is 21.7. The quantitative estimate of drug-likeness (QED) is 0.388. The summed E-state index contributed by atoms with van der Waals surface area (Å²) in [4.78, 5) is 2.47. The van der Waals surface area contributed by atoms with Gasteiger partial charge in [0.1, 0.15) is 5.84 Å². The summed E-state index contributed by atoms with van der Waals surface area (Å²) in [7, 11) is 0. The molecule has 0 radical (unpaired) electrons. The maximum absolute atomic E-state index is 8.91. The van der Waals surface area contributed by atoms with Crippen LogP contribution in [0.5, 0.6) is 0 Å². The Labute approximate surface area is 131 Å². The smallest absolute Gasteiger partial charge is 0.141 e. The molecule has 0 amide bonds. The molecule has 2 rings (SSSR count). The van der Waals surface area contributed by atoms with Crippen molar-refractivity contribution in [1.82, 2.24) is 4.90 Å². The van der Waals surface area contributed by atoms with Crippen molar-refractivity contribution in [3.63, 3.8) is 0 Å². The molecule has 1 aliphatic rings. The first-order chi connectivity index (χ1) is 10.0. The Morgan fingerprint density at radius 2 is 2.10 bits per heavy atom. The van der Waals surface area contributed by atoms with Gasteiger partial charge in [-0.1, -0.05) is 49.3 Å². The highest BCUT2D eigenvalue weighted by Gasteiger charge is 2.28. The molecule has 4 nitrogen and oxygen atoms in total. The van der Waals surface area contributed by atoms with Gasteiger partial charge in [0.05, 0.1) is 0 Å². The summed E-state index contributed by atoms with van der Waals surface area (Å²) in [6.07, 6.45) is 1.71. The zero-order valence-corrected chi connectivity index (χ0v) is 13.6. The molecule has 0 aromatic heterocycles. The lowest BCUT2D eigenvalue weighted by Gasteiger charge is -2.31. The molecule has 3 N–H and O–H groups in total. The first-order valence-corrected chi connectivity index (χ1v) is 8.40. The first kappa shape index (κ1) is 16.2. The molecule has 21 heavy (non-hydrogen) atoms. The second kappa shape index (κ2) is 7.18. The first-order valence-electron chi connectivity index (χ1n) is 7.41. The van der Waals surface area contributed by atoms with E-state index in [2.05, 4.69) is 36.0 Å². The van der Waals surface area contributed by atoms with Gasteiger partial charge >= 0.3 is 0 Å². The number of nitrogens with zero attached hydrogens (tertiary/aromatic N) is 2. The van der Waals surface area contributed by atoms with E-state index in [4.69, 9.17) is 10.9 Å². The molecule has 1 unspecified atom stereocenters. The molecule has 1 aromatic carbocycles. The average Bonchev–Trinajstić information content (AvgIpc) is 2.66. The van der Waals surface area contributed by atoms with E-state index in [1.54, 1.807) is 0 Å². The highest BCUT2D eigenvalue weighted by Crippen LogP contribution is 2.34. The molecule has 0 saturated carbocycles. The Balaban J connectivity index is 2.19. The van der Waals surface area contributed by atoms with Crippen molar-refractivity contribution in [1.29, 1.82) is 0 Å². The van der Waals surface area contributed by atoms with Gasteiger partial charge in [0.2, 0.25) is 0 Å². The van der Waals surface area contributed by atoms with Crippen LogP contribution < -0.4 is 5.73 Å². The van der Waals surface area contributed by atoms with Crippen LogP contribution in [0.15, 0.2) is 35.5 Å². The number of rotatable bonds is 4. The Kier molecular flexibility index (Phi) is 5.53. The van der Waals surface area contributed by atoms with E-state index in [1.165, 1.54) is 5.56 Å². The van der Waals surface area contributed by atoms with Gasteiger partial charge in [0.15, 0.2) is 0 Å². The largest absolute Gasteiger partial charge is 0.409 e. The fourth-order valence-corrected chi connectivity index (χ4v) is 3.83. The molecule has 0 spiro atoms. The summed E-state index contributed by atoms with van der Waals surface area (Å²) >= 11 is 2.03. The fourth-order valence-electron chi connectivity index (χ4n) is 2.72. The fraction of sp³-hybridized carbons (Fsp3) is 0.562. The van der Waals surface area contributed by atoms with Crippen molar-refractivity contribution >= 4 is 17.6 Å². The van der Waals surface area contributed by atoms with E-state index < -0.39 is 0 Å². The number of amidine groups is 1. The minimum Gasteiger partial charge on any atom is -0.409 e. The predicted octanol–water partition coefficient (Wildman–Crippen LogP) is 3.08. The van der Waals surface area contributed by atoms with Gasteiger partial charge in [-0.25, -0.2) is 0 Å². The summed E-state index contributed by atoms with van der Waals surface area (Å²) in [6.45, 7) is 6.69. The molecule has 1 saturated heterocycles. The topological polar surface area (TPSA) is 61.8 Å². The van der Waals surface area contributed by atoms with Crippen molar-refractivity contribution in [2.24, 2.45) is 10.9 Å². The van der Waals surface area contributed by atoms with E-state index >= 15 is 0 Å². The third-order valence-corrected chi connectivity index (χ3v) is 5.40. The second-order valence-electron chi connectivity index (χ2n) is 6.12. The number of hydrogen-bond acceptors (Lipinski definition) is 4. The van der Waals surface area contributed by atoms with Crippen molar-refractivity contribution in [3.05, 3.63) is 35.9 Å². The minimum atomic E-state index is 0.177. The van der Waals surface area contributed by atoms with Crippen LogP contribution in [0.3, 0.4) is 0 Å². The predicted molar refractivity (Wildman–Crippen MR) is 89.9 cm³/mol. The molecule has 1 heterocycles. The van der Waals surface area contributed by atoms with Gasteiger partial charge in [0.25, 0.3) is 0 Å². The molecule has 1 aromatic rings. The van der Waals surface area contributed by atoms with Crippen LogP contribution in [0.1, 0.15) is 38.3 Å². The number of hydrogen-bond donors (Lipinski definition) is 2. The number of benzene rings is 1. The third-order valence-electron chi connectivity index (χ3n) is 4.03. The van der Waals surface area contributed by atoms with Crippen LogP contribution in [0.25, 0.3) is 0 Å². The molecular formula is C16H25N3OS. The van der Waals surface area contributed by atoms with Crippen LogP contribution >= 0.6 is 11.8 Å². The van der Waals surface area contributed by atoms with Crippen LogP contribution in [-0.4, -0.2) is 39.5 Å². The van der Waals surface area contributed by atoms with Gasteiger partial charge < -0.3 is 10.9 Å². The van der Waals surface area contributed by atoms with Gasteiger partial charge in [0, 0.05) is 36.1 Å². The SMILES string of the molecule is CC1(C)CCN(C(C/C(N)=N/O)c2ccccc2)CCS1. The van der Waals surface area contributed by atoms with E-state index in [0.717, 1.165) is 25.3 Å². The minimum absolute atomic E-state index is 0.177. The van der Waals surface area contributed by atoms with Crippen LogP contribution in [-0.2, 0) is 0 Å². The van der Waals surface area contributed by atoms with Crippen LogP contribution in [0, 0.1) is 0 Å². The van der Waals surface area contributed by atoms with Gasteiger partial charge in [-0.05, 0) is 12.0 Å². The van der Waals surface area contributed by atoms with Crippen LogP contribution in [0.2, 0.25) is 0 Å². The lowest BCUT2D eigenvalue weighted by Crippen LogP contribution is -2.34. The second-order valence-corrected chi connectivity index (χ2v) is 7.92. The van der Waals surface area contributed by atoms with Crippen molar-refractivity contribution in [3.8, 4) is 0 Å². The lowest BCUT2D eigenvalue weighted by molar-refractivity contribution is 0.208. The molecule has 1 atom stereocenters. The van der Waals surface area contributed by atoms with E-state index in [1.807, 2.05) is 30.0 Å². The monoisotopic (exact) mass is 307 g/mol. The summed E-state index contributed by atoms with van der Waals surface area (Å²) in [5, 5.41) is 12.1. The highest BCUT2D eigenvalue weighted by atomic mass is 32.2. The Hall–Kier alpha value is -1.20. The zero-order valence-electron chi connectivity index (χ0n) is 12.8. The summed E-state index contributed by atoms with van der Waals surface area (Å²) in [5.74, 6) is 1.41. The maximum Gasteiger partial charge on any atom is 0.141 e. The van der Waals surface area contributed by atoms with Crippen LogP contribution in [0.4, 0.5) is 0 Å². The zero-order chi connectivity index (χ0) is 15.3.